The van der Waals surface area contributed by atoms with Crippen LogP contribution in [0.1, 0.15) is 16.1 Å². The third-order valence-corrected chi connectivity index (χ3v) is 4.90. The van der Waals surface area contributed by atoms with Crippen molar-refractivity contribution in [2.24, 2.45) is 0 Å². The van der Waals surface area contributed by atoms with Crippen LogP contribution in [-0.4, -0.2) is 18.0 Å². The molecule has 4 aromatic rings. The number of amides is 1. The Balaban J connectivity index is 1.58. The number of aryl methyl sites for hydroxylation is 1. The highest BCUT2D eigenvalue weighted by Crippen LogP contribution is 2.27. The molecule has 146 valence electrons. The summed E-state index contributed by atoms with van der Waals surface area (Å²) < 4.78 is 16.7. The Kier molecular flexibility index (Phi) is 5.01. The number of nitrogens with one attached hydrogen (secondary N) is 1. The predicted molar refractivity (Wildman–Crippen MR) is 110 cm³/mol. The zero-order valence-electron chi connectivity index (χ0n) is 15.6. The van der Waals surface area contributed by atoms with E-state index < -0.39 is 0 Å². The second-order valence-electron chi connectivity index (χ2n) is 6.10. The molecule has 0 aliphatic heterocycles. The van der Waals surface area contributed by atoms with Crippen molar-refractivity contribution < 1.29 is 18.7 Å². The zero-order valence-corrected chi connectivity index (χ0v) is 16.4. The molecule has 0 saturated carbocycles. The number of fused-ring (bicyclic) bond motifs is 1. The first-order chi connectivity index (χ1) is 14.0. The quantitative estimate of drug-likeness (QED) is 0.519. The number of methoxy groups -OCH3 is 1. The van der Waals surface area contributed by atoms with E-state index in [1.54, 1.807) is 68.1 Å². The summed E-state index contributed by atoms with van der Waals surface area (Å²) in [6, 6.07) is 11.4. The lowest BCUT2D eigenvalue weighted by atomic mass is 10.2. The van der Waals surface area contributed by atoms with Crippen molar-refractivity contribution in [2.45, 2.75) is 6.92 Å². The van der Waals surface area contributed by atoms with Gasteiger partial charge in [-0.3, -0.25) is 14.9 Å². The molecule has 0 unspecified atom stereocenters. The molecule has 0 radical (unpaired) electrons. The number of carbonyl (C=O) groups is 1. The zero-order chi connectivity index (χ0) is 20.4. The van der Waals surface area contributed by atoms with Gasteiger partial charge in [0.1, 0.15) is 22.8 Å². The van der Waals surface area contributed by atoms with Crippen LogP contribution in [0.4, 0.5) is 5.13 Å². The smallest absolute Gasteiger partial charge is 0.257 e. The minimum atomic E-state index is -0.281. The number of hydrogen-bond donors (Lipinski definition) is 1. The van der Waals surface area contributed by atoms with Gasteiger partial charge in [-0.15, -0.1) is 11.3 Å². The molecule has 0 aliphatic rings. The molecule has 2 heterocycles. The molecule has 1 amide bonds. The van der Waals surface area contributed by atoms with Crippen molar-refractivity contribution in [1.82, 2.24) is 4.98 Å². The first-order valence-electron chi connectivity index (χ1n) is 8.65. The van der Waals surface area contributed by atoms with Crippen LogP contribution in [-0.2, 0) is 0 Å². The minimum Gasteiger partial charge on any atom is -0.497 e. The van der Waals surface area contributed by atoms with Crippen LogP contribution in [0.2, 0.25) is 0 Å². The van der Waals surface area contributed by atoms with Gasteiger partial charge in [-0.2, -0.15) is 0 Å². The fourth-order valence-electron chi connectivity index (χ4n) is 2.76. The minimum absolute atomic E-state index is 0.0997. The first kappa shape index (κ1) is 18.7. The molecule has 0 aliphatic carbocycles. The summed E-state index contributed by atoms with van der Waals surface area (Å²) in [6.45, 7) is 1.66. The van der Waals surface area contributed by atoms with Gasteiger partial charge in [0.25, 0.3) is 5.91 Å². The van der Waals surface area contributed by atoms with E-state index in [1.807, 2.05) is 0 Å². The monoisotopic (exact) mass is 408 g/mol. The third kappa shape index (κ3) is 3.83. The highest BCUT2D eigenvalue weighted by molar-refractivity contribution is 7.13. The molecule has 0 bridgehead atoms. The van der Waals surface area contributed by atoms with Gasteiger partial charge in [0, 0.05) is 23.2 Å². The topological polar surface area (TPSA) is 90.7 Å². The number of hydrogen-bond acceptors (Lipinski definition) is 7. The summed E-state index contributed by atoms with van der Waals surface area (Å²) >= 11 is 1.34. The third-order valence-electron chi connectivity index (χ3n) is 4.21. The summed E-state index contributed by atoms with van der Waals surface area (Å²) in [6.07, 6.45) is 1.62. The van der Waals surface area contributed by atoms with Crippen LogP contribution in [0.3, 0.4) is 0 Å². The fraction of sp³-hybridized carbons (Fsp3) is 0.0952. The van der Waals surface area contributed by atoms with Gasteiger partial charge in [-0.25, -0.2) is 4.98 Å². The second-order valence-corrected chi connectivity index (χ2v) is 6.99. The van der Waals surface area contributed by atoms with Gasteiger partial charge in [-0.1, -0.05) is 0 Å². The molecular weight excluding hydrogens is 392 g/mol. The maximum Gasteiger partial charge on any atom is 0.257 e. The van der Waals surface area contributed by atoms with E-state index in [9.17, 15) is 9.59 Å². The Bertz CT molecular complexity index is 1230. The molecule has 0 atom stereocenters. The molecule has 0 fully saturated rings. The molecule has 1 N–H and O–H groups in total. The Labute approximate surface area is 169 Å². The van der Waals surface area contributed by atoms with E-state index in [4.69, 9.17) is 13.9 Å². The van der Waals surface area contributed by atoms with E-state index in [1.165, 1.54) is 11.3 Å². The fourth-order valence-corrected chi connectivity index (χ4v) is 3.28. The molecule has 29 heavy (non-hydrogen) atoms. The van der Waals surface area contributed by atoms with Crippen LogP contribution in [0, 0.1) is 6.92 Å². The lowest BCUT2D eigenvalue weighted by Gasteiger charge is -2.10. The molecule has 8 heteroatoms. The van der Waals surface area contributed by atoms with Crippen molar-refractivity contribution in [3.63, 3.8) is 0 Å². The lowest BCUT2D eigenvalue weighted by molar-refractivity contribution is 0.102. The van der Waals surface area contributed by atoms with Gasteiger partial charge in [-0.05, 0) is 43.3 Å². The number of carbonyl (C=O) groups excluding carboxylic acids is 1. The highest BCUT2D eigenvalue weighted by atomic mass is 32.1. The molecule has 0 spiro atoms. The standard InChI is InChI=1S/C21H16N2O5S/c1-12-19(18(24)16-8-7-15(26-2)11-17(16)27-12)28-14-5-3-13(4-6-14)20(25)23-21-22-9-10-29-21/h3-11H,1-2H3,(H,22,23,25). The van der Waals surface area contributed by atoms with Crippen molar-refractivity contribution in [3.05, 3.63) is 75.6 Å². The van der Waals surface area contributed by atoms with Gasteiger partial charge >= 0.3 is 0 Å². The van der Waals surface area contributed by atoms with Crippen LogP contribution >= 0.6 is 11.3 Å². The van der Waals surface area contributed by atoms with Crippen LogP contribution in [0.25, 0.3) is 11.0 Å². The maximum atomic E-state index is 12.8. The first-order valence-corrected chi connectivity index (χ1v) is 9.53. The average molecular weight is 408 g/mol. The summed E-state index contributed by atoms with van der Waals surface area (Å²) in [5.74, 6) is 1.19. The number of benzene rings is 2. The number of ether oxygens (including phenoxy) is 2. The number of rotatable bonds is 5. The highest BCUT2D eigenvalue weighted by Gasteiger charge is 2.15. The number of nitrogens with zero attached hydrogens (tertiary/aromatic N) is 1. The van der Waals surface area contributed by atoms with E-state index >= 15 is 0 Å². The Morgan fingerprint density at radius 3 is 2.59 bits per heavy atom. The maximum absolute atomic E-state index is 12.8. The summed E-state index contributed by atoms with van der Waals surface area (Å²) in [5.41, 5.74) is 0.590. The van der Waals surface area contributed by atoms with Crippen molar-refractivity contribution in [1.29, 1.82) is 0 Å². The van der Waals surface area contributed by atoms with Gasteiger partial charge in [0.15, 0.2) is 5.13 Å². The summed E-state index contributed by atoms with van der Waals surface area (Å²) in [5, 5.41) is 5.40. The molecule has 2 aromatic heterocycles. The Hall–Kier alpha value is -3.65. The van der Waals surface area contributed by atoms with Crippen molar-refractivity contribution in [2.75, 3.05) is 12.4 Å². The molecule has 2 aromatic carbocycles. The number of aromatic nitrogens is 1. The van der Waals surface area contributed by atoms with E-state index in [0.29, 0.717) is 38.9 Å². The number of thiazole rings is 1. The van der Waals surface area contributed by atoms with Crippen LogP contribution in [0.5, 0.6) is 17.2 Å². The molecule has 4 rings (SSSR count). The predicted octanol–water partition coefficient (Wildman–Crippen LogP) is 4.61. The van der Waals surface area contributed by atoms with Gasteiger partial charge in [0.2, 0.25) is 11.2 Å². The lowest BCUT2D eigenvalue weighted by Crippen LogP contribution is -2.11. The van der Waals surface area contributed by atoms with Crippen molar-refractivity contribution >= 4 is 33.3 Å². The van der Waals surface area contributed by atoms with Crippen LogP contribution < -0.4 is 20.2 Å². The average Bonchev–Trinajstić information content (AvgIpc) is 3.24. The number of anilines is 1. The van der Waals surface area contributed by atoms with Crippen molar-refractivity contribution in [3.8, 4) is 17.2 Å². The summed E-state index contributed by atoms with van der Waals surface area (Å²) in [4.78, 5) is 29.1. The van der Waals surface area contributed by atoms with E-state index in [0.717, 1.165) is 0 Å². The normalized spacial score (nSPS) is 10.7. The van der Waals surface area contributed by atoms with E-state index in [-0.39, 0.29) is 17.1 Å². The summed E-state index contributed by atoms with van der Waals surface area (Å²) in [7, 11) is 1.55. The van der Waals surface area contributed by atoms with Crippen LogP contribution in [0.15, 0.2) is 63.3 Å². The molecule has 0 saturated heterocycles. The molecule has 7 nitrogen and oxygen atoms in total. The largest absolute Gasteiger partial charge is 0.497 e. The van der Waals surface area contributed by atoms with Gasteiger partial charge < -0.3 is 13.9 Å². The molecular formula is C21H16N2O5S. The Morgan fingerprint density at radius 1 is 1.14 bits per heavy atom. The van der Waals surface area contributed by atoms with Gasteiger partial charge in [0.05, 0.1) is 12.5 Å². The second kappa shape index (κ2) is 7.76. The SMILES string of the molecule is COc1ccc2c(=O)c(Oc3ccc(C(=O)Nc4nccs4)cc3)c(C)oc2c1. The Morgan fingerprint density at radius 2 is 1.90 bits per heavy atom. The van der Waals surface area contributed by atoms with E-state index in [2.05, 4.69) is 10.3 Å².